The van der Waals surface area contributed by atoms with Gasteiger partial charge in [-0.3, -0.25) is 4.99 Å². The Kier molecular flexibility index (Phi) is 7.75. The molecule has 150 valence electrons. The molecule has 0 radical (unpaired) electrons. The molecule has 1 aromatic rings. The SMILES string of the molecule is CN=C(NCCCCN1CCCC(C)C1)N1CCN(c2ccccn2)CC1. The molecule has 27 heavy (non-hydrogen) atoms. The first-order chi connectivity index (χ1) is 13.3. The number of guanidine groups is 1. The summed E-state index contributed by atoms with van der Waals surface area (Å²) in [6.07, 6.45) is 7.12. The molecule has 2 aliphatic heterocycles. The van der Waals surface area contributed by atoms with E-state index in [-0.39, 0.29) is 0 Å². The number of piperazine rings is 1. The fraction of sp³-hybridized carbons (Fsp3) is 0.714. The molecule has 0 amide bonds. The summed E-state index contributed by atoms with van der Waals surface area (Å²) in [5.74, 6) is 3.00. The molecule has 3 heterocycles. The van der Waals surface area contributed by atoms with E-state index in [0.717, 1.165) is 50.4 Å². The molecule has 1 aromatic heterocycles. The predicted octanol–water partition coefficient (Wildman–Crippen LogP) is 2.29. The van der Waals surface area contributed by atoms with E-state index in [1.807, 2.05) is 19.3 Å². The molecule has 3 rings (SSSR count). The van der Waals surface area contributed by atoms with Crippen molar-refractivity contribution in [2.75, 3.05) is 64.3 Å². The summed E-state index contributed by atoms with van der Waals surface area (Å²) < 4.78 is 0. The van der Waals surface area contributed by atoms with Crippen molar-refractivity contribution in [3.63, 3.8) is 0 Å². The number of hydrogen-bond donors (Lipinski definition) is 1. The summed E-state index contributed by atoms with van der Waals surface area (Å²) in [5, 5.41) is 3.56. The van der Waals surface area contributed by atoms with Crippen LogP contribution in [-0.2, 0) is 0 Å². The van der Waals surface area contributed by atoms with Crippen molar-refractivity contribution in [2.24, 2.45) is 10.9 Å². The van der Waals surface area contributed by atoms with Gasteiger partial charge in [0.25, 0.3) is 0 Å². The summed E-state index contributed by atoms with van der Waals surface area (Å²) in [7, 11) is 1.89. The molecule has 1 unspecified atom stereocenters. The first kappa shape index (κ1) is 19.9. The van der Waals surface area contributed by atoms with E-state index >= 15 is 0 Å². The molecule has 6 heteroatoms. The molecule has 2 saturated heterocycles. The van der Waals surface area contributed by atoms with Gasteiger partial charge in [-0.2, -0.15) is 0 Å². The lowest BCUT2D eigenvalue weighted by Gasteiger charge is -2.37. The van der Waals surface area contributed by atoms with E-state index < -0.39 is 0 Å². The highest BCUT2D eigenvalue weighted by molar-refractivity contribution is 5.80. The van der Waals surface area contributed by atoms with Gasteiger partial charge in [0, 0.05) is 52.5 Å². The van der Waals surface area contributed by atoms with Crippen LogP contribution in [0.5, 0.6) is 0 Å². The number of anilines is 1. The lowest BCUT2D eigenvalue weighted by Crippen LogP contribution is -2.52. The quantitative estimate of drug-likeness (QED) is 0.472. The van der Waals surface area contributed by atoms with Gasteiger partial charge in [-0.05, 0) is 56.8 Å². The first-order valence-electron chi connectivity index (χ1n) is 10.6. The standard InChI is InChI=1S/C21H36N6/c1-19-8-7-13-25(18-19)12-6-5-11-24-21(22-2)27-16-14-26(15-17-27)20-9-3-4-10-23-20/h3-4,9-10,19H,5-8,11-18H2,1-2H3,(H,22,24). The molecule has 0 aliphatic carbocycles. The first-order valence-corrected chi connectivity index (χ1v) is 10.6. The molecule has 0 aromatic carbocycles. The van der Waals surface area contributed by atoms with E-state index in [4.69, 9.17) is 0 Å². The Morgan fingerprint density at radius 3 is 2.74 bits per heavy atom. The Morgan fingerprint density at radius 1 is 1.19 bits per heavy atom. The van der Waals surface area contributed by atoms with Crippen LogP contribution in [-0.4, -0.2) is 80.1 Å². The van der Waals surface area contributed by atoms with Crippen molar-refractivity contribution in [3.05, 3.63) is 24.4 Å². The monoisotopic (exact) mass is 372 g/mol. The highest BCUT2D eigenvalue weighted by Crippen LogP contribution is 2.15. The third-order valence-corrected chi connectivity index (χ3v) is 5.69. The number of aliphatic imine (C=N–C) groups is 1. The zero-order chi connectivity index (χ0) is 18.9. The van der Waals surface area contributed by atoms with E-state index in [0.29, 0.717) is 0 Å². The molecule has 0 bridgehead atoms. The average Bonchev–Trinajstić information content (AvgIpc) is 2.72. The minimum Gasteiger partial charge on any atom is -0.356 e. The number of hydrogen-bond acceptors (Lipinski definition) is 4. The Hall–Kier alpha value is -1.82. The van der Waals surface area contributed by atoms with Crippen molar-refractivity contribution < 1.29 is 0 Å². The zero-order valence-corrected chi connectivity index (χ0v) is 17.1. The Morgan fingerprint density at radius 2 is 2.04 bits per heavy atom. The lowest BCUT2D eigenvalue weighted by atomic mass is 10.0. The van der Waals surface area contributed by atoms with Crippen molar-refractivity contribution in [1.82, 2.24) is 20.1 Å². The summed E-state index contributed by atoms with van der Waals surface area (Å²) in [6, 6.07) is 6.11. The number of rotatable bonds is 6. The second-order valence-corrected chi connectivity index (χ2v) is 7.89. The Bertz CT molecular complexity index is 567. The van der Waals surface area contributed by atoms with Gasteiger partial charge < -0.3 is 20.0 Å². The summed E-state index contributed by atoms with van der Waals surface area (Å²) in [4.78, 5) is 16.3. The minimum absolute atomic E-state index is 0.875. The van der Waals surface area contributed by atoms with Gasteiger partial charge >= 0.3 is 0 Å². The number of likely N-dealkylation sites (tertiary alicyclic amines) is 1. The van der Waals surface area contributed by atoms with Crippen LogP contribution in [0.4, 0.5) is 5.82 Å². The molecule has 2 aliphatic rings. The van der Waals surface area contributed by atoms with Crippen LogP contribution in [0.1, 0.15) is 32.6 Å². The van der Waals surface area contributed by atoms with Gasteiger partial charge in [0.2, 0.25) is 0 Å². The third kappa shape index (κ3) is 6.09. The van der Waals surface area contributed by atoms with Gasteiger partial charge in [-0.15, -0.1) is 0 Å². The average molecular weight is 373 g/mol. The van der Waals surface area contributed by atoms with E-state index in [9.17, 15) is 0 Å². The van der Waals surface area contributed by atoms with Crippen molar-refractivity contribution in [2.45, 2.75) is 32.6 Å². The predicted molar refractivity (Wildman–Crippen MR) is 113 cm³/mol. The number of unbranched alkanes of at least 4 members (excludes halogenated alkanes) is 1. The van der Waals surface area contributed by atoms with Gasteiger partial charge in [0.15, 0.2) is 5.96 Å². The second kappa shape index (κ2) is 10.5. The van der Waals surface area contributed by atoms with E-state index in [1.165, 1.54) is 45.3 Å². The molecule has 0 spiro atoms. The van der Waals surface area contributed by atoms with Crippen molar-refractivity contribution >= 4 is 11.8 Å². The largest absolute Gasteiger partial charge is 0.356 e. The van der Waals surface area contributed by atoms with Crippen LogP contribution in [0.2, 0.25) is 0 Å². The van der Waals surface area contributed by atoms with Gasteiger partial charge in [-0.1, -0.05) is 13.0 Å². The molecule has 1 atom stereocenters. The van der Waals surface area contributed by atoms with Crippen LogP contribution >= 0.6 is 0 Å². The van der Waals surface area contributed by atoms with Gasteiger partial charge in [-0.25, -0.2) is 4.98 Å². The number of nitrogens with zero attached hydrogens (tertiary/aromatic N) is 5. The second-order valence-electron chi connectivity index (χ2n) is 7.89. The Labute approximate surface area is 164 Å². The highest BCUT2D eigenvalue weighted by atomic mass is 15.4. The maximum Gasteiger partial charge on any atom is 0.193 e. The molecule has 1 N–H and O–H groups in total. The molecule has 2 fully saturated rings. The zero-order valence-electron chi connectivity index (χ0n) is 17.1. The fourth-order valence-corrected chi connectivity index (χ4v) is 4.17. The topological polar surface area (TPSA) is 47.0 Å². The molecule has 0 saturated carbocycles. The minimum atomic E-state index is 0.875. The van der Waals surface area contributed by atoms with Crippen LogP contribution in [0.25, 0.3) is 0 Å². The van der Waals surface area contributed by atoms with Crippen LogP contribution in [0, 0.1) is 5.92 Å². The van der Waals surface area contributed by atoms with Crippen molar-refractivity contribution in [1.29, 1.82) is 0 Å². The number of pyridine rings is 1. The third-order valence-electron chi connectivity index (χ3n) is 5.69. The summed E-state index contributed by atoms with van der Waals surface area (Å²) >= 11 is 0. The number of piperidine rings is 1. The molecular weight excluding hydrogens is 336 g/mol. The number of aromatic nitrogens is 1. The maximum absolute atomic E-state index is 4.49. The summed E-state index contributed by atoms with van der Waals surface area (Å²) in [5.41, 5.74) is 0. The highest BCUT2D eigenvalue weighted by Gasteiger charge is 2.20. The molecular formula is C21H36N6. The van der Waals surface area contributed by atoms with Crippen LogP contribution in [0.15, 0.2) is 29.4 Å². The molecule has 6 nitrogen and oxygen atoms in total. The lowest BCUT2D eigenvalue weighted by molar-refractivity contribution is 0.181. The fourth-order valence-electron chi connectivity index (χ4n) is 4.17. The van der Waals surface area contributed by atoms with Gasteiger partial charge in [0.1, 0.15) is 5.82 Å². The Balaban J connectivity index is 1.32. The van der Waals surface area contributed by atoms with Crippen LogP contribution < -0.4 is 10.2 Å². The summed E-state index contributed by atoms with van der Waals surface area (Å²) in [6.45, 7) is 11.2. The van der Waals surface area contributed by atoms with E-state index in [2.05, 4.69) is 49.0 Å². The maximum atomic E-state index is 4.49. The van der Waals surface area contributed by atoms with Crippen molar-refractivity contribution in [3.8, 4) is 0 Å². The number of nitrogens with one attached hydrogen (secondary N) is 1. The smallest absolute Gasteiger partial charge is 0.193 e. The normalized spacial score (nSPS) is 22.1. The van der Waals surface area contributed by atoms with E-state index in [1.54, 1.807) is 0 Å². The van der Waals surface area contributed by atoms with Crippen LogP contribution in [0.3, 0.4) is 0 Å². The van der Waals surface area contributed by atoms with Gasteiger partial charge in [0.05, 0.1) is 0 Å².